The highest BCUT2D eigenvalue weighted by Crippen LogP contribution is 2.59. The van der Waals surface area contributed by atoms with Gasteiger partial charge in [-0.2, -0.15) is 0 Å². The monoisotopic (exact) mass is 756 g/mol. The van der Waals surface area contributed by atoms with Gasteiger partial charge in [-0.3, -0.25) is 0 Å². The molecule has 0 amide bonds. The molecule has 0 radical (unpaired) electrons. The van der Waals surface area contributed by atoms with Crippen molar-refractivity contribution in [3.63, 3.8) is 0 Å². The maximum absolute atomic E-state index is 2.50. The van der Waals surface area contributed by atoms with Crippen LogP contribution in [-0.2, 0) is 0 Å². The third-order valence-corrected chi connectivity index (χ3v) is 13.1. The van der Waals surface area contributed by atoms with Gasteiger partial charge < -0.3 is 0 Å². The van der Waals surface area contributed by atoms with Crippen LogP contribution in [0, 0.1) is 0 Å². The van der Waals surface area contributed by atoms with Gasteiger partial charge in [0.05, 0.1) is 0 Å². The number of hydrogen-bond acceptors (Lipinski definition) is 0. The van der Waals surface area contributed by atoms with E-state index in [0.29, 0.717) is 0 Å². The Hall–Kier alpha value is -7.80. The van der Waals surface area contributed by atoms with Crippen LogP contribution in [-0.4, -0.2) is 0 Å². The van der Waals surface area contributed by atoms with E-state index in [9.17, 15) is 0 Å². The van der Waals surface area contributed by atoms with Crippen LogP contribution in [0.4, 0.5) is 0 Å². The maximum Gasteiger partial charge on any atom is -0.000719 e. The molecule has 0 fully saturated rings. The molecule has 0 spiro atoms. The summed E-state index contributed by atoms with van der Waals surface area (Å²) in [4.78, 5) is 0. The first kappa shape index (κ1) is 33.2. The standard InChI is InChI=1S/C60H36/c1-3-16-39(17-4-1)51-33-46-35-53-54(36-47(46)34-52(51)40-18-5-2-6-19-40)57(45-29-27-38-15-8-10-21-42(38)31-45)60-55-32-43-22-11-12-23-48(43)49-24-13-25-50(58(49)55)59(60)56(53)44-28-26-37-14-7-9-20-41(37)30-44/h1-36H. The molecule has 0 unspecified atom stereocenters. The topological polar surface area (TPSA) is 0 Å². The Labute approximate surface area is 348 Å². The molecule has 0 saturated carbocycles. The quantitative estimate of drug-likeness (QED) is 0.124. The molecule has 1 aliphatic rings. The third kappa shape index (κ3) is 4.92. The van der Waals surface area contributed by atoms with Crippen molar-refractivity contribution in [2.24, 2.45) is 0 Å². The van der Waals surface area contributed by atoms with Crippen LogP contribution in [0.5, 0.6) is 0 Å². The molecule has 276 valence electrons. The van der Waals surface area contributed by atoms with Gasteiger partial charge in [-0.1, -0.05) is 176 Å². The van der Waals surface area contributed by atoms with E-state index in [1.54, 1.807) is 0 Å². The van der Waals surface area contributed by atoms with Crippen molar-refractivity contribution in [1.29, 1.82) is 0 Å². The summed E-state index contributed by atoms with van der Waals surface area (Å²) in [5.41, 5.74) is 15.2. The van der Waals surface area contributed by atoms with Crippen LogP contribution in [0.25, 0.3) is 131 Å². The molecule has 60 heavy (non-hydrogen) atoms. The molecule has 1 aliphatic carbocycles. The van der Waals surface area contributed by atoms with Gasteiger partial charge >= 0.3 is 0 Å². The predicted octanol–water partition coefficient (Wildman–Crippen LogP) is 16.9. The van der Waals surface area contributed by atoms with Gasteiger partial charge in [0.1, 0.15) is 0 Å². The Kier molecular flexibility index (Phi) is 7.11. The van der Waals surface area contributed by atoms with E-state index in [0.717, 1.165) is 0 Å². The fraction of sp³-hybridized carbons (Fsp3) is 0. The molecular formula is C60H36. The normalized spacial score (nSPS) is 12.0. The van der Waals surface area contributed by atoms with E-state index in [4.69, 9.17) is 0 Å². The van der Waals surface area contributed by atoms with Crippen LogP contribution in [0.1, 0.15) is 0 Å². The zero-order valence-corrected chi connectivity index (χ0v) is 32.8. The largest absolute Gasteiger partial charge is 0.0622 e. The van der Waals surface area contributed by atoms with Gasteiger partial charge in [-0.05, 0) is 174 Å². The minimum atomic E-state index is 1.22. The number of rotatable bonds is 4. The average molecular weight is 757 g/mol. The minimum Gasteiger partial charge on any atom is -0.0622 e. The van der Waals surface area contributed by atoms with Crippen molar-refractivity contribution in [2.75, 3.05) is 0 Å². The first-order valence-corrected chi connectivity index (χ1v) is 20.9. The lowest BCUT2D eigenvalue weighted by molar-refractivity contribution is 1.60. The molecule has 12 aromatic rings. The van der Waals surface area contributed by atoms with Crippen LogP contribution >= 0.6 is 0 Å². The highest BCUT2D eigenvalue weighted by molar-refractivity contribution is 6.32. The van der Waals surface area contributed by atoms with E-state index >= 15 is 0 Å². The Morgan fingerprint density at radius 2 is 0.633 bits per heavy atom. The summed E-state index contributed by atoms with van der Waals surface area (Å²) in [6.45, 7) is 0. The summed E-state index contributed by atoms with van der Waals surface area (Å²) in [6.07, 6.45) is 0. The Morgan fingerprint density at radius 1 is 0.183 bits per heavy atom. The van der Waals surface area contributed by atoms with Crippen molar-refractivity contribution >= 4 is 64.6 Å². The summed E-state index contributed by atoms with van der Waals surface area (Å²) in [5, 5.41) is 15.2. The molecule has 0 nitrogen and oxygen atoms in total. The molecule has 0 heteroatoms. The molecule has 0 atom stereocenters. The first-order valence-electron chi connectivity index (χ1n) is 20.9. The van der Waals surface area contributed by atoms with Crippen LogP contribution in [0.3, 0.4) is 0 Å². The Morgan fingerprint density at radius 3 is 1.20 bits per heavy atom. The summed E-state index contributed by atoms with van der Waals surface area (Å²) in [6, 6.07) is 81.6. The second kappa shape index (κ2) is 12.9. The fourth-order valence-electron chi connectivity index (χ4n) is 10.4. The Bertz CT molecular complexity index is 3740. The van der Waals surface area contributed by atoms with Crippen LogP contribution < -0.4 is 0 Å². The molecule has 0 bridgehead atoms. The van der Waals surface area contributed by atoms with Crippen LogP contribution in [0.15, 0.2) is 218 Å². The molecule has 0 aliphatic heterocycles. The molecule has 0 aromatic heterocycles. The van der Waals surface area contributed by atoms with Gasteiger partial charge in [-0.25, -0.2) is 0 Å². The van der Waals surface area contributed by atoms with E-state index in [2.05, 4.69) is 218 Å². The van der Waals surface area contributed by atoms with Crippen LogP contribution in [0.2, 0.25) is 0 Å². The first-order chi connectivity index (χ1) is 29.7. The second-order valence-electron chi connectivity index (χ2n) is 16.4. The summed E-state index contributed by atoms with van der Waals surface area (Å²) >= 11 is 0. The summed E-state index contributed by atoms with van der Waals surface area (Å²) < 4.78 is 0. The van der Waals surface area contributed by atoms with Crippen molar-refractivity contribution in [2.45, 2.75) is 0 Å². The zero-order valence-electron chi connectivity index (χ0n) is 32.8. The van der Waals surface area contributed by atoms with Crippen molar-refractivity contribution in [3.8, 4) is 66.8 Å². The predicted molar refractivity (Wildman–Crippen MR) is 258 cm³/mol. The fourth-order valence-corrected chi connectivity index (χ4v) is 10.4. The molecule has 0 N–H and O–H groups in total. The van der Waals surface area contributed by atoms with E-state index < -0.39 is 0 Å². The lowest BCUT2D eigenvalue weighted by atomic mass is 9.80. The zero-order chi connectivity index (χ0) is 39.3. The number of hydrogen-bond donors (Lipinski definition) is 0. The van der Waals surface area contributed by atoms with Crippen molar-refractivity contribution < 1.29 is 0 Å². The van der Waals surface area contributed by atoms with E-state index in [-0.39, 0.29) is 0 Å². The van der Waals surface area contributed by atoms with Gasteiger partial charge in [0.15, 0.2) is 0 Å². The maximum atomic E-state index is 2.50. The van der Waals surface area contributed by atoms with Crippen molar-refractivity contribution in [1.82, 2.24) is 0 Å². The summed E-state index contributed by atoms with van der Waals surface area (Å²) in [7, 11) is 0. The highest BCUT2D eigenvalue weighted by atomic mass is 14.3. The number of benzene rings is 12. The van der Waals surface area contributed by atoms with Gasteiger partial charge in [-0.15, -0.1) is 0 Å². The minimum absolute atomic E-state index is 1.22. The lowest BCUT2D eigenvalue weighted by Crippen LogP contribution is -1.95. The average Bonchev–Trinajstić information content (AvgIpc) is 3.63. The number of fused-ring (bicyclic) bond motifs is 9. The molecular weight excluding hydrogens is 721 g/mol. The van der Waals surface area contributed by atoms with Gasteiger partial charge in [0, 0.05) is 0 Å². The Balaban J connectivity index is 1.25. The molecule has 12 aromatic carbocycles. The third-order valence-electron chi connectivity index (χ3n) is 13.1. The van der Waals surface area contributed by atoms with E-state index in [1.165, 1.54) is 131 Å². The lowest BCUT2D eigenvalue weighted by Gasteiger charge is -2.22. The summed E-state index contributed by atoms with van der Waals surface area (Å²) in [5.74, 6) is 0. The van der Waals surface area contributed by atoms with Gasteiger partial charge in [0.2, 0.25) is 0 Å². The molecule has 0 saturated heterocycles. The smallest absolute Gasteiger partial charge is 0.000719 e. The van der Waals surface area contributed by atoms with E-state index in [1.807, 2.05) is 0 Å². The second-order valence-corrected chi connectivity index (χ2v) is 16.4. The van der Waals surface area contributed by atoms with Crippen molar-refractivity contribution in [3.05, 3.63) is 218 Å². The highest BCUT2D eigenvalue weighted by Gasteiger charge is 2.32. The molecule has 13 rings (SSSR count). The molecule has 0 heterocycles. The SMILES string of the molecule is c1ccc(-c2cc3cc4c(-c5ccc6ccccc6c5)c5c(c(-c6ccc7ccccc7c6)c4cc3cc2-c2ccccc2)-c2cc3ccccc3c3cccc-5c23)cc1. The van der Waals surface area contributed by atoms with Gasteiger partial charge in [0.25, 0.3) is 0 Å².